The zero-order valence-corrected chi connectivity index (χ0v) is 10.8. The number of pyridine rings is 1. The molecule has 0 fully saturated rings. The molecule has 0 aliphatic rings. The molecule has 0 unspecified atom stereocenters. The molecular formula is C13H11N3O2S. The average Bonchev–Trinajstić information content (AvgIpc) is 2.38. The Balaban J connectivity index is 2.34. The van der Waals surface area contributed by atoms with Crippen molar-refractivity contribution in [2.75, 3.05) is 5.73 Å². The third-order valence-electron chi connectivity index (χ3n) is 2.51. The van der Waals surface area contributed by atoms with Gasteiger partial charge in [0.05, 0.1) is 10.6 Å². The van der Waals surface area contributed by atoms with Crippen LogP contribution in [-0.2, 0) is 15.6 Å². The first kappa shape index (κ1) is 13.1. The monoisotopic (exact) mass is 273 g/mol. The molecule has 6 heteroatoms. The lowest BCUT2D eigenvalue weighted by molar-refractivity contribution is 0.595. The van der Waals surface area contributed by atoms with Crippen molar-refractivity contribution in [2.45, 2.75) is 10.6 Å². The normalized spacial score (nSPS) is 10.9. The molecule has 0 aliphatic heterocycles. The molecule has 0 bridgehead atoms. The highest BCUT2D eigenvalue weighted by Gasteiger charge is 2.15. The van der Waals surface area contributed by atoms with Crippen molar-refractivity contribution in [3.63, 3.8) is 0 Å². The second-order valence-corrected chi connectivity index (χ2v) is 5.98. The zero-order chi connectivity index (χ0) is 13.9. The van der Waals surface area contributed by atoms with Gasteiger partial charge in [-0.05, 0) is 35.9 Å². The molecule has 2 N–H and O–H groups in total. The molecular weight excluding hydrogens is 262 g/mol. The lowest BCUT2D eigenvalue weighted by Crippen LogP contribution is -2.06. The Hall–Kier alpha value is -2.39. The number of sulfone groups is 1. The van der Waals surface area contributed by atoms with E-state index in [1.54, 1.807) is 18.2 Å². The molecule has 1 heterocycles. The Morgan fingerprint density at radius 3 is 2.74 bits per heavy atom. The molecule has 0 atom stereocenters. The summed E-state index contributed by atoms with van der Waals surface area (Å²) in [6.45, 7) is 0. The van der Waals surface area contributed by atoms with Crippen molar-refractivity contribution in [1.29, 1.82) is 5.26 Å². The molecule has 0 saturated heterocycles. The van der Waals surface area contributed by atoms with Crippen LogP contribution < -0.4 is 5.73 Å². The molecule has 0 spiro atoms. The average molecular weight is 273 g/mol. The van der Waals surface area contributed by atoms with Gasteiger partial charge in [-0.2, -0.15) is 5.26 Å². The molecule has 2 rings (SSSR count). The fraction of sp³-hybridized carbons (Fsp3) is 0.0769. The Morgan fingerprint density at radius 1 is 1.26 bits per heavy atom. The summed E-state index contributed by atoms with van der Waals surface area (Å²) in [6.07, 6.45) is 1.42. The van der Waals surface area contributed by atoms with Crippen LogP contribution in [0.1, 0.15) is 11.3 Å². The van der Waals surface area contributed by atoms with E-state index in [1.807, 2.05) is 6.07 Å². The van der Waals surface area contributed by atoms with Crippen LogP contribution >= 0.6 is 0 Å². The van der Waals surface area contributed by atoms with Gasteiger partial charge >= 0.3 is 0 Å². The number of rotatable bonds is 3. The quantitative estimate of drug-likeness (QED) is 0.855. The lowest BCUT2D eigenvalue weighted by Gasteiger charge is -2.05. The van der Waals surface area contributed by atoms with Crippen molar-refractivity contribution < 1.29 is 8.42 Å². The highest BCUT2D eigenvalue weighted by Crippen LogP contribution is 2.18. The number of benzene rings is 1. The fourth-order valence-electron chi connectivity index (χ4n) is 1.64. The van der Waals surface area contributed by atoms with Gasteiger partial charge < -0.3 is 5.73 Å². The summed E-state index contributed by atoms with van der Waals surface area (Å²) in [6, 6.07) is 11.0. The molecule has 0 aliphatic carbocycles. The molecule has 0 radical (unpaired) electrons. The molecule has 19 heavy (non-hydrogen) atoms. The predicted octanol–water partition coefficient (Wildman–Crippen LogP) is 1.51. The summed E-state index contributed by atoms with van der Waals surface area (Å²) in [4.78, 5) is 3.97. The number of nitriles is 1. The van der Waals surface area contributed by atoms with E-state index in [0.29, 0.717) is 11.3 Å². The van der Waals surface area contributed by atoms with Gasteiger partial charge in [-0.3, -0.25) is 0 Å². The summed E-state index contributed by atoms with van der Waals surface area (Å²) >= 11 is 0. The number of hydrogen-bond acceptors (Lipinski definition) is 5. The minimum Gasteiger partial charge on any atom is -0.399 e. The van der Waals surface area contributed by atoms with Crippen LogP contribution in [-0.4, -0.2) is 13.4 Å². The van der Waals surface area contributed by atoms with Gasteiger partial charge in [-0.25, -0.2) is 13.4 Å². The minimum atomic E-state index is -3.48. The van der Waals surface area contributed by atoms with Crippen LogP contribution in [0.15, 0.2) is 47.5 Å². The highest BCUT2D eigenvalue weighted by atomic mass is 32.2. The van der Waals surface area contributed by atoms with Crippen LogP contribution in [0, 0.1) is 11.3 Å². The number of nitrogens with zero attached hydrogens (tertiary/aromatic N) is 2. The van der Waals surface area contributed by atoms with Crippen molar-refractivity contribution in [3.05, 3.63) is 53.9 Å². The summed E-state index contributed by atoms with van der Waals surface area (Å²) in [5.74, 6) is -0.187. The molecule has 1 aromatic carbocycles. The maximum Gasteiger partial charge on any atom is 0.182 e. The summed E-state index contributed by atoms with van der Waals surface area (Å²) in [7, 11) is -3.48. The van der Waals surface area contributed by atoms with E-state index in [0.717, 1.165) is 0 Å². The Kier molecular flexibility index (Phi) is 3.49. The maximum absolute atomic E-state index is 12.2. The number of nitrogen functional groups attached to an aromatic ring is 1. The number of hydrogen-bond donors (Lipinski definition) is 1. The second-order valence-electron chi connectivity index (χ2n) is 3.99. The SMILES string of the molecule is N#Cc1cc(CS(=O)(=O)c2cccc(N)c2)ccn1. The van der Waals surface area contributed by atoms with E-state index in [2.05, 4.69) is 4.98 Å². The van der Waals surface area contributed by atoms with Crippen molar-refractivity contribution in [3.8, 4) is 6.07 Å². The van der Waals surface area contributed by atoms with E-state index >= 15 is 0 Å². The van der Waals surface area contributed by atoms with E-state index in [4.69, 9.17) is 11.0 Å². The van der Waals surface area contributed by atoms with Crippen LogP contribution in [0.4, 0.5) is 5.69 Å². The van der Waals surface area contributed by atoms with Gasteiger partial charge in [0.2, 0.25) is 0 Å². The first-order valence-corrected chi connectivity index (χ1v) is 7.10. The summed E-state index contributed by atoms with van der Waals surface area (Å²) in [5.41, 5.74) is 6.69. The summed E-state index contributed by atoms with van der Waals surface area (Å²) < 4.78 is 24.4. The van der Waals surface area contributed by atoms with E-state index in [9.17, 15) is 8.42 Å². The van der Waals surface area contributed by atoms with E-state index in [1.165, 1.54) is 24.4 Å². The van der Waals surface area contributed by atoms with E-state index < -0.39 is 9.84 Å². The number of anilines is 1. The van der Waals surface area contributed by atoms with Gasteiger partial charge in [0, 0.05) is 11.9 Å². The molecule has 2 aromatic rings. The largest absolute Gasteiger partial charge is 0.399 e. The molecule has 1 aromatic heterocycles. The topological polar surface area (TPSA) is 96.8 Å². The molecule has 5 nitrogen and oxygen atoms in total. The van der Waals surface area contributed by atoms with Gasteiger partial charge in [0.1, 0.15) is 11.8 Å². The predicted molar refractivity (Wildman–Crippen MR) is 70.7 cm³/mol. The molecule has 0 saturated carbocycles. The Labute approximate surface area is 111 Å². The third kappa shape index (κ3) is 3.09. The fourth-order valence-corrected chi connectivity index (χ4v) is 3.02. The number of nitrogens with two attached hydrogens (primary N) is 1. The first-order chi connectivity index (χ1) is 9.01. The standard InChI is InChI=1S/C13H11N3O2S/c14-8-12-6-10(4-5-16-12)9-19(17,18)13-3-1-2-11(15)7-13/h1-7H,9,15H2. The third-order valence-corrected chi connectivity index (χ3v) is 4.20. The highest BCUT2D eigenvalue weighted by molar-refractivity contribution is 7.90. The smallest absolute Gasteiger partial charge is 0.182 e. The van der Waals surface area contributed by atoms with Gasteiger partial charge in [-0.1, -0.05) is 6.07 Å². The van der Waals surface area contributed by atoms with Crippen LogP contribution in [0.3, 0.4) is 0 Å². The lowest BCUT2D eigenvalue weighted by atomic mass is 10.2. The zero-order valence-electron chi connectivity index (χ0n) is 9.95. The van der Waals surface area contributed by atoms with Gasteiger partial charge in [0.15, 0.2) is 9.84 Å². The Bertz CT molecular complexity index is 748. The van der Waals surface area contributed by atoms with Crippen molar-refractivity contribution in [1.82, 2.24) is 4.98 Å². The van der Waals surface area contributed by atoms with Crippen molar-refractivity contribution in [2.24, 2.45) is 0 Å². The Morgan fingerprint density at radius 2 is 2.05 bits per heavy atom. The number of aromatic nitrogens is 1. The van der Waals surface area contributed by atoms with Gasteiger partial charge in [-0.15, -0.1) is 0 Å². The summed E-state index contributed by atoms with van der Waals surface area (Å²) in [5, 5.41) is 8.74. The van der Waals surface area contributed by atoms with Crippen molar-refractivity contribution >= 4 is 15.5 Å². The first-order valence-electron chi connectivity index (χ1n) is 5.44. The van der Waals surface area contributed by atoms with Crippen LogP contribution in [0.2, 0.25) is 0 Å². The van der Waals surface area contributed by atoms with Crippen LogP contribution in [0.25, 0.3) is 0 Å². The maximum atomic E-state index is 12.2. The molecule has 96 valence electrons. The second kappa shape index (κ2) is 5.08. The minimum absolute atomic E-state index is 0.169. The van der Waals surface area contributed by atoms with Crippen LogP contribution in [0.5, 0.6) is 0 Å². The van der Waals surface area contributed by atoms with E-state index in [-0.39, 0.29) is 16.3 Å². The molecule has 0 amide bonds. The van der Waals surface area contributed by atoms with Gasteiger partial charge in [0.25, 0.3) is 0 Å².